The lowest BCUT2D eigenvalue weighted by Crippen LogP contribution is -2.31. The molecule has 120 valence electrons. The number of hydrogen-bond donors (Lipinski definition) is 0. The van der Waals surface area contributed by atoms with Crippen molar-refractivity contribution in [3.05, 3.63) is 45.8 Å². The fraction of sp³-hybridized carbons (Fsp3) is 0.357. The molecule has 1 aliphatic heterocycles. The van der Waals surface area contributed by atoms with E-state index in [0.717, 1.165) is 30.6 Å². The van der Waals surface area contributed by atoms with Gasteiger partial charge in [-0.05, 0) is 18.4 Å². The molecule has 0 radical (unpaired) electrons. The van der Waals surface area contributed by atoms with E-state index in [4.69, 9.17) is 0 Å². The average Bonchev–Trinajstić information content (AvgIpc) is 3.02. The molecule has 0 aliphatic carbocycles. The zero-order chi connectivity index (χ0) is 16.4. The Morgan fingerprint density at radius 1 is 1.48 bits per heavy atom. The van der Waals surface area contributed by atoms with Gasteiger partial charge in [0.15, 0.2) is 5.69 Å². The van der Waals surface area contributed by atoms with E-state index in [1.807, 2.05) is 4.90 Å². The summed E-state index contributed by atoms with van der Waals surface area (Å²) in [5.74, 6) is -0.550. The number of carbonyl (C=O) groups excluding carboxylic acids is 1. The fourth-order valence-corrected chi connectivity index (χ4v) is 2.64. The van der Waals surface area contributed by atoms with Crippen LogP contribution in [0.5, 0.6) is 0 Å². The van der Waals surface area contributed by atoms with Gasteiger partial charge in [0.1, 0.15) is 6.67 Å². The molecule has 2 heterocycles. The second-order valence-corrected chi connectivity index (χ2v) is 5.21. The van der Waals surface area contributed by atoms with Gasteiger partial charge in [0.2, 0.25) is 0 Å². The van der Waals surface area contributed by atoms with E-state index >= 15 is 0 Å². The minimum absolute atomic E-state index is 0.0597. The van der Waals surface area contributed by atoms with Crippen molar-refractivity contribution in [1.29, 1.82) is 0 Å². The number of anilines is 1. The molecular weight excluding hydrogens is 302 g/mol. The van der Waals surface area contributed by atoms with Crippen LogP contribution in [0, 0.1) is 10.1 Å². The van der Waals surface area contributed by atoms with Gasteiger partial charge < -0.3 is 9.64 Å². The topological polar surface area (TPSA) is 103 Å². The highest BCUT2D eigenvalue weighted by atomic mass is 16.6. The number of rotatable bonds is 4. The van der Waals surface area contributed by atoms with Crippen LogP contribution >= 0.6 is 0 Å². The molecule has 1 aromatic heterocycles. The minimum atomic E-state index is -0.550. The van der Waals surface area contributed by atoms with E-state index in [-0.39, 0.29) is 11.4 Å². The van der Waals surface area contributed by atoms with Crippen LogP contribution in [-0.4, -0.2) is 39.5 Å². The number of nitrogens with zero attached hydrogens (tertiary/aromatic N) is 5. The maximum Gasteiger partial charge on any atom is 0.360 e. The molecule has 0 unspecified atom stereocenters. The first-order valence-corrected chi connectivity index (χ1v) is 7.09. The normalized spacial score (nSPS) is 13.5. The second-order valence-electron chi connectivity index (χ2n) is 5.21. The predicted octanol–water partition coefficient (Wildman–Crippen LogP) is 1.38. The summed E-state index contributed by atoms with van der Waals surface area (Å²) >= 11 is 0. The number of esters is 1. The number of carbonyl (C=O) groups is 1. The number of methoxy groups -OCH3 is 1. The van der Waals surface area contributed by atoms with E-state index < -0.39 is 10.9 Å². The van der Waals surface area contributed by atoms with Gasteiger partial charge in [0, 0.05) is 24.4 Å². The molecule has 1 aliphatic rings. The number of aryl methyl sites for hydroxylation is 1. The van der Waals surface area contributed by atoms with Crippen LogP contribution in [0.2, 0.25) is 0 Å². The Balaban J connectivity index is 1.85. The van der Waals surface area contributed by atoms with Crippen LogP contribution in [0.1, 0.15) is 22.5 Å². The maximum atomic E-state index is 11.4. The van der Waals surface area contributed by atoms with Crippen LogP contribution in [0.25, 0.3) is 0 Å². The van der Waals surface area contributed by atoms with Crippen LogP contribution in [0.4, 0.5) is 11.4 Å². The monoisotopic (exact) mass is 317 g/mol. The second kappa shape index (κ2) is 6.03. The molecule has 2 aromatic rings. The summed E-state index contributed by atoms with van der Waals surface area (Å²) in [4.78, 5) is 24.0. The molecule has 0 atom stereocenters. The number of nitro benzene ring substituents is 1. The Morgan fingerprint density at radius 3 is 3.04 bits per heavy atom. The van der Waals surface area contributed by atoms with Crippen LogP contribution in [0.3, 0.4) is 0 Å². The molecule has 0 N–H and O–H groups in total. The summed E-state index contributed by atoms with van der Waals surface area (Å²) < 4.78 is 6.11. The van der Waals surface area contributed by atoms with E-state index in [1.54, 1.807) is 12.1 Å². The smallest absolute Gasteiger partial charge is 0.360 e. The maximum absolute atomic E-state index is 11.4. The number of benzene rings is 1. The highest BCUT2D eigenvalue weighted by molar-refractivity contribution is 5.86. The molecule has 9 heteroatoms. The predicted molar refractivity (Wildman–Crippen MR) is 80.1 cm³/mol. The molecule has 23 heavy (non-hydrogen) atoms. The van der Waals surface area contributed by atoms with Gasteiger partial charge in [0.05, 0.1) is 18.2 Å². The zero-order valence-corrected chi connectivity index (χ0v) is 12.5. The van der Waals surface area contributed by atoms with E-state index in [1.165, 1.54) is 24.1 Å². The number of non-ortho nitro benzene ring substituents is 1. The largest absolute Gasteiger partial charge is 0.464 e. The van der Waals surface area contributed by atoms with Crippen LogP contribution in [0.15, 0.2) is 24.4 Å². The van der Waals surface area contributed by atoms with Gasteiger partial charge in [-0.3, -0.25) is 10.1 Å². The lowest BCUT2D eigenvalue weighted by atomic mass is 10.0. The van der Waals surface area contributed by atoms with Crippen LogP contribution < -0.4 is 4.90 Å². The Hall–Kier alpha value is -2.97. The zero-order valence-electron chi connectivity index (χ0n) is 12.5. The van der Waals surface area contributed by atoms with Gasteiger partial charge in [-0.2, -0.15) is 0 Å². The standard InChI is InChI=1S/C14H15N5O4/c1-23-14(20)12-8-18(16-15-12)9-17-6-2-3-10-4-5-11(19(21)22)7-13(10)17/h4-5,7-8H,2-3,6,9H2,1H3. The lowest BCUT2D eigenvalue weighted by molar-refractivity contribution is -0.384. The first-order chi connectivity index (χ1) is 11.1. The number of nitro groups is 1. The quantitative estimate of drug-likeness (QED) is 0.476. The van der Waals surface area contributed by atoms with Crippen molar-refractivity contribution in [1.82, 2.24) is 15.0 Å². The molecule has 0 amide bonds. The minimum Gasteiger partial charge on any atom is -0.464 e. The van der Waals surface area contributed by atoms with Crippen molar-refractivity contribution in [2.75, 3.05) is 18.6 Å². The molecule has 1 aromatic carbocycles. The number of fused-ring (bicyclic) bond motifs is 1. The number of hydrogen-bond acceptors (Lipinski definition) is 7. The Kier molecular flexibility index (Phi) is 3.92. The van der Waals surface area contributed by atoms with Crippen molar-refractivity contribution in [3.8, 4) is 0 Å². The first kappa shape index (κ1) is 14.9. The van der Waals surface area contributed by atoms with Crippen LogP contribution in [-0.2, 0) is 17.8 Å². The molecule has 0 spiro atoms. The third-order valence-electron chi connectivity index (χ3n) is 3.74. The fourth-order valence-electron chi connectivity index (χ4n) is 2.64. The number of aromatic nitrogens is 3. The molecular formula is C14H15N5O4. The van der Waals surface area contributed by atoms with Crippen molar-refractivity contribution in [3.63, 3.8) is 0 Å². The molecule has 0 fully saturated rings. The van der Waals surface area contributed by atoms with Crippen molar-refractivity contribution in [2.45, 2.75) is 19.5 Å². The third-order valence-corrected chi connectivity index (χ3v) is 3.74. The van der Waals surface area contributed by atoms with Gasteiger partial charge >= 0.3 is 5.97 Å². The first-order valence-electron chi connectivity index (χ1n) is 7.09. The molecule has 0 saturated carbocycles. The lowest BCUT2D eigenvalue weighted by Gasteiger charge is -2.30. The summed E-state index contributed by atoms with van der Waals surface area (Å²) in [5.41, 5.74) is 2.07. The summed E-state index contributed by atoms with van der Waals surface area (Å²) in [6.45, 7) is 1.11. The Morgan fingerprint density at radius 2 is 2.30 bits per heavy atom. The molecule has 9 nitrogen and oxygen atoms in total. The summed E-state index contributed by atoms with van der Waals surface area (Å²) in [6.07, 6.45) is 3.33. The molecule has 0 saturated heterocycles. The summed E-state index contributed by atoms with van der Waals surface area (Å²) in [5, 5.41) is 18.6. The van der Waals surface area contributed by atoms with Gasteiger partial charge in [0.25, 0.3) is 5.69 Å². The Labute approximate surface area is 131 Å². The molecule has 0 bridgehead atoms. The third kappa shape index (κ3) is 2.98. The van der Waals surface area contributed by atoms with Crippen molar-refractivity contribution in [2.24, 2.45) is 0 Å². The van der Waals surface area contributed by atoms with Gasteiger partial charge in [-0.1, -0.05) is 11.3 Å². The van der Waals surface area contributed by atoms with Crippen molar-refractivity contribution >= 4 is 17.3 Å². The van der Waals surface area contributed by atoms with Gasteiger partial charge in [-0.25, -0.2) is 9.48 Å². The highest BCUT2D eigenvalue weighted by Gasteiger charge is 2.21. The summed E-state index contributed by atoms with van der Waals surface area (Å²) in [7, 11) is 1.28. The highest BCUT2D eigenvalue weighted by Crippen LogP contribution is 2.31. The van der Waals surface area contributed by atoms with Gasteiger partial charge in [-0.15, -0.1) is 5.10 Å². The van der Waals surface area contributed by atoms with Crippen molar-refractivity contribution < 1.29 is 14.5 Å². The Bertz CT molecular complexity index is 757. The summed E-state index contributed by atoms with van der Waals surface area (Å²) in [6, 6.07) is 4.89. The van der Waals surface area contributed by atoms with E-state index in [0.29, 0.717) is 6.67 Å². The molecule has 3 rings (SSSR count). The number of ether oxygens (including phenoxy) is 1. The SMILES string of the molecule is COC(=O)c1cn(CN2CCCc3ccc([N+](=O)[O-])cc32)nn1. The van der Waals surface area contributed by atoms with E-state index in [9.17, 15) is 14.9 Å². The van der Waals surface area contributed by atoms with E-state index in [2.05, 4.69) is 15.0 Å². The average molecular weight is 317 g/mol.